The Morgan fingerprint density at radius 3 is 2.36 bits per heavy atom. The smallest absolute Gasteiger partial charge is 0.339 e. The minimum atomic E-state index is -0.509. The number of amides is 2. The third kappa shape index (κ3) is 7.34. The second-order valence-electron chi connectivity index (χ2n) is 6.00. The van der Waals surface area contributed by atoms with E-state index in [9.17, 15) is 14.4 Å². The van der Waals surface area contributed by atoms with E-state index in [-0.39, 0.29) is 18.2 Å². The Morgan fingerprint density at radius 1 is 1.08 bits per heavy atom. The maximum atomic E-state index is 12.2. The molecule has 0 aliphatic carbocycles. The Morgan fingerprint density at radius 2 is 1.76 bits per heavy atom. The number of hydrogen-bond acceptors (Lipinski definition) is 5. The molecule has 7 nitrogen and oxygen atoms in total. The number of methoxy groups -OCH3 is 1. The Kier molecular flexibility index (Phi) is 8.63. The number of para-hydroxylation sites is 1. The molecule has 0 atom stereocenters. The van der Waals surface area contributed by atoms with Gasteiger partial charge in [0.15, 0.2) is 0 Å². The standard InChI is InChI=1S/C18H27N3O4/c1-14(22)21(12-7-11-20(2)3)13-10-17(23)19-16-9-6-5-8-15(16)18(24)25-4/h5-6,8-9H,7,10-13H2,1-4H3,(H,19,23). The molecule has 0 spiro atoms. The zero-order valence-electron chi connectivity index (χ0n) is 15.4. The molecule has 138 valence electrons. The Balaban J connectivity index is 2.58. The fourth-order valence-electron chi connectivity index (χ4n) is 2.33. The first-order valence-electron chi connectivity index (χ1n) is 8.22. The van der Waals surface area contributed by atoms with Crippen molar-refractivity contribution in [2.45, 2.75) is 19.8 Å². The molecule has 0 unspecified atom stereocenters. The van der Waals surface area contributed by atoms with E-state index in [0.29, 0.717) is 24.3 Å². The van der Waals surface area contributed by atoms with Gasteiger partial charge in [-0.2, -0.15) is 0 Å². The van der Waals surface area contributed by atoms with E-state index in [0.717, 1.165) is 13.0 Å². The molecule has 25 heavy (non-hydrogen) atoms. The third-order valence-electron chi connectivity index (χ3n) is 3.69. The van der Waals surface area contributed by atoms with Gasteiger partial charge < -0.3 is 19.9 Å². The van der Waals surface area contributed by atoms with Crippen LogP contribution in [0, 0.1) is 0 Å². The Bertz CT molecular complexity index is 602. The summed E-state index contributed by atoms with van der Waals surface area (Å²) in [6.07, 6.45) is 1.01. The van der Waals surface area contributed by atoms with Crippen LogP contribution in [0.5, 0.6) is 0 Å². The molecular formula is C18H27N3O4. The van der Waals surface area contributed by atoms with Gasteiger partial charge in [-0.15, -0.1) is 0 Å². The summed E-state index contributed by atoms with van der Waals surface area (Å²) < 4.78 is 4.70. The summed E-state index contributed by atoms with van der Waals surface area (Å²) in [4.78, 5) is 39.3. The van der Waals surface area contributed by atoms with Crippen molar-refractivity contribution in [2.24, 2.45) is 0 Å². The maximum absolute atomic E-state index is 12.2. The zero-order chi connectivity index (χ0) is 18.8. The molecule has 1 N–H and O–H groups in total. The summed E-state index contributed by atoms with van der Waals surface area (Å²) in [6.45, 7) is 3.33. The molecule has 1 aromatic rings. The second-order valence-corrected chi connectivity index (χ2v) is 6.00. The van der Waals surface area contributed by atoms with Crippen LogP contribution in [0.2, 0.25) is 0 Å². The molecule has 1 rings (SSSR count). The molecule has 0 aliphatic heterocycles. The average Bonchev–Trinajstić information content (AvgIpc) is 2.57. The number of nitrogens with one attached hydrogen (secondary N) is 1. The van der Waals surface area contributed by atoms with E-state index in [4.69, 9.17) is 4.74 Å². The SMILES string of the molecule is COC(=O)c1ccccc1NC(=O)CCN(CCCN(C)C)C(C)=O. The van der Waals surface area contributed by atoms with Crippen LogP contribution >= 0.6 is 0 Å². The first-order chi connectivity index (χ1) is 11.8. The van der Waals surface area contributed by atoms with Crippen molar-refractivity contribution < 1.29 is 19.1 Å². The number of carbonyl (C=O) groups excluding carboxylic acids is 3. The van der Waals surface area contributed by atoms with Crippen LogP contribution in [0.15, 0.2) is 24.3 Å². The molecular weight excluding hydrogens is 322 g/mol. The molecule has 1 aromatic carbocycles. The summed E-state index contributed by atoms with van der Waals surface area (Å²) in [5.74, 6) is -0.818. The van der Waals surface area contributed by atoms with Gasteiger partial charge in [0, 0.05) is 26.4 Å². The van der Waals surface area contributed by atoms with Gasteiger partial charge in [0.25, 0.3) is 0 Å². The van der Waals surface area contributed by atoms with E-state index in [1.165, 1.54) is 14.0 Å². The fourth-order valence-corrected chi connectivity index (χ4v) is 2.33. The lowest BCUT2D eigenvalue weighted by Crippen LogP contribution is -2.34. The van der Waals surface area contributed by atoms with E-state index < -0.39 is 5.97 Å². The fraction of sp³-hybridized carbons (Fsp3) is 0.500. The number of carbonyl (C=O) groups is 3. The highest BCUT2D eigenvalue weighted by Gasteiger charge is 2.15. The average molecular weight is 349 g/mol. The number of ether oxygens (including phenoxy) is 1. The molecule has 0 heterocycles. The molecule has 0 radical (unpaired) electrons. The molecule has 0 aliphatic rings. The summed E-state index contributed by atoms with van der Waals surface area (Å²) in [5, 5.41) is 2.71. The van der Waals surface area contributed by atoms with E-state index in [2.05, 4.69) is 10.2 Å². The number of esters is 1. The minimum absolute atomic E-state index is 0.0542. The maximum Gasteiger partial charge on any atom is 0.339 e. The first-order valence-corrected chi connectivity index (χ1v) is 8.22. The van der Waals surface area contributed by atoms with Crippen LogP contribution in [0.4, 0.5) is 5.69 Å². The van der Waals surface area contributed by atoms with Crippen LogP contribution in [-0.4, -0.2) is 68.4 Å². The lowest BCUT2D eigenvalue weighted by molar-refractivity contribution is -0.129. The van der Waals surface area contributed by atoms with Gasteiger partial charge >= 0.3 is 5.97 Å². The van der Waals surface area contributed by atoms with Gasteiger partial charge in [-0.3, -0.25) is 9.59 Å². The van der Waals surface area contributed by atoms with Gasteiger partial charge in [-0.1, -0.05) is 12.1 Å². The zero-order valence-corrected chi connectivity index (χ0v) is 15.4. The molecule has 7 heteroatoms. The van der Waals surface area contributed by atoms with Crippen LogP contribution < -0.4 is 5.32 Å². The summed E-state index contributed by atoms with van der Waals surface area (Å²) in [6, 6.07) is 6.66. The van der Waals surface area contributed by atoms with Gasteiger partial charge in [0.2, 0.25) is 11.8 Å². The normalized spacial score (nSPS) is 10.4. The van der Waals surface area contributed by atoms with E-state index in [1.54, 1.807) is 29.2 Å². The van der Waals surface area contributed by atoms with Crippen molar-refractivity contribution in [1.29, 1.82) is 0 Å². The minimum Gasteiger partial charge on any atom is -0.465 e. The van der Waals surface area contributed by atoms with Gasteiger partial charge in [-0.25, -0.2) is 4.79 Å². The molecule has 0 aromatic heterocycles. The number of nitrogens with zero attached hydrogens (tertiary/aromatic N) is 2. The second kappa shape index (κ2) is 10.5. The van der Waals surface area contributed by atoms with E-state index in [1.807, 2.05) is 14.1 Å². The van der Waals surface area contributed by atoms with Gasteiger partial charge in [0.05, 0.1) is 18.4 Å². The van der Waals surface area contributed by atoms with Crippen LogP contribution in [0.3, 0.4) is 0 Å². The summed E-state index contributed by atoms with van der Waals surface area (Å²) >= 11 is 0. The van der Waals surface area contributed by atoms with Crippen LogP contribution in [-0.2, 0) is 14.3 Å². The van der Waals surface area contributed by atoms with Gasteiger partial charge in [-0.05, 0) is 39.2 Å². The number of anilines is 1. The van der Waals surface area contributed by atoms with Crippen molar-refractivity contribution in [3.63, 3.8) is 0 Å². The summed E-state index contributed by atoms with van der Waals surface area (Å²) in [5.41, 5.74) is 0.703. The molecule has 2 amide bonds. The Hall–Kier alpha value is -2.41. The highest BCUT2D eigenvalue weighted by molar-refractivity contribution is 6.01. The highest BCUT2D eigenvalue weighted by atomic mass is 16.5. The molecule has 0 saturated heterocycles. The van der Waals surface area contributed by atoms with Crippen molar-refractivity contribution in [3.8, 4) is 0 Å². The largest absolute Gasteiger partial charge is 0.465 e. The highest BCUT2D eigenvalue weighted by Crippen LogP contribution is 2.16. The Labute approximate surface area is 148 Å². The third-order valence-corrected chi connectivity index (χ3v) is 3.69. The van der Waals surface area contributed by atoms with Gasteiger partial charge in [0.1, 0.15) is 0 Å². The number of rotatable bonds is 9. The molecule has 0 saturated carbocycles. The first kappa shape index (κ1) is 20.6. The molecule has 0 fully saturated rings. The predicted octanol–water partition coefficient (Wildman–Crippen LogP) is 1.60. The van der Waals surface area contributed by atoms with Crippen molar-refractivity contribution in [2.75, 3.05) is 46.2 Å². The topological polar surface area (TPSA) is 79.0 Å². The van der Waals surface area contributed by atoms with Crippen LogP contribution in [0.1, 0.15) is 30.1 Å². The van der Waals surface area contributed by atoms with E-state index >= 15 is 0 Å². The van der Waals surface area contributed by atoms with Crippen molar-refractivity contribution in [1.82, 2.24) is 9.80 Å². The van der Waals surface area contributed by atoms with Crippen molar-refractivity contribution in [3.05, 3.63) is 29.8 Å². The van der Waals surface area contributed by atoms with Crippen molar-refractivity contribution >= 4 is 23.5 Å². The summed E-state index contributed by atoms with van der Waals surface area (Å²) in [7, 11) is 5.24. The lowest BCUT2D eigenvalue weighted by Gasteiger charge is -2.22. The molecule has 0 bridgehead atoms. The van der Waals surface area contributed by atoms with Crippen LogP contribution in [0.25, 0.3) is 0 Å². The lowest BCUT2D eigenvalue weighted by atomic mass is 10.1. The monoisotopic (exact) mass is 349 g/mol. The number of hydrogen-bond donors (Lipinski definition) is 1. The predicted molar refractivity (Wildman–Crippen MR) is 96.5 cm³/mol. The quantitative estimate of drug-likeness (QED) is 0.685. The number of benzene rings is 1.